The number of carbonyl (C=O) groups excluding carboxylic acids is 1. The molecule has 0 N–H and O–H groups in total. The van der Waals surface area contributed by atoms with Gasteiger partial charge in [0.05, 0.1) is 27.7 Å². The SMILES string of the molecule is CCCCCCCC(=O)[O-].CCCCCCCCCC[N+](C)(C)C.[Cl-].[K+]. The minimum absolute atomic E-state index is 0. The smallest absolute Gasteiger partial charge is 1.00 e. The minimum Gasteiger partial charge on any atom is -1.00 e. The molecule has 0 heterocycles. The van der Waals surface area contributed by atoms with Crippen LogP contribution in [0.3, 0.4) is 0 Å². The summed E-state index contributed by atoms with van der Waals surface area (Å²) in [5.74, 6) is -0.920. The number of unbranched alkanes of at least 4 members (excludes halogenated alkanes) is 11. The standard InChI is InChI=1S/C13H30N.C8H16O2.ClH.K/c1-5-6-7-8-9-10-11-12-13-14(2,3)4;1-2-3-4-5-6-7-8(9)10;;/h5-13H2,1-4H3;2-7H2,1H3,(H,9,10);1H;/q+1;;;+1/p-2. The number of carbonyl (C=O) groups is 1. The Kier molecular flexibility index (Phi) is 35.3. The van der Waals surface area contributed by atoms with Gasteiger partial charge >= 0.3 is 51.4 Å². The van der Waals surface area contributed by atoms with Gasteiger partial charge in [-0.3, -0.25) is 0 Å². The fourth-order valence-corrected chi connectivity index (χ4v) is 2.59. The van der Waals surface area contributed by atoms with Crippen LogP contribution in [0.4, 0.5) is 0 Å². The Morgan fingerprint density at radius 2 is 1.04 bits per heavy atom. The molecule has 0 bridgehead atoms. The van der Waals surface area contributed by atoms with E-state index < -0.39 is 5.97 Å². The first kappa shape index (κ1) is 34.8. The van der Waals surface area contributed by atoms with Gasteiger partial charge in [-0.15, -0.1) is 0 Å². The first-order valence-corrected chi connectivity index (χ1v) is 10.3. The molecule has 0 aliphatic rings. The molecule has 0 radical (unpaired) electrons. The van der Waals surface area contributed by atoms with Gasteiger partial charge in [-0.25, -0.2) is 0 Å². The van der Waals surface area contributed by atoms with E-state index in [0.717, 1.165) is 23.7 Å². The van der Waals surface area contributed by atoms with Crippen LogP contribution in [0.25, 0.3) is 0 Å². The molecule has 0 spiro atoms. The van der Waals surface area contributed by atoms with Crippen molar-refractivity contribution in [3.8, 4) is 0 Å². The first-order chi connectivity index (χ1) is 11.3. The molecule has 0 aromatic rings. The third-order valence-corrected chi connectivity index (χ3v) is 4.17. The molecule has 0 aliphatic carbocycles. The van der Waals surface area contributed by atoms with Crippen molar-refractivity contribution >= 4 is 5.97 Å². The zero-order valence-electron chi connectivity index (χ0n) is 18.7. The van der Waals surface area contributed by atoms with Gasteiger partial charge in [0.15, 0.2) is 0 Å². The number of aliphatic carboxylic acids is 1. The second-order valence-corrected chi connectivity index (χ2v) is 8.03. The molecular formula is C21H45ClKNO2. The second kappa shape index (κ2) is 26.4. The van der Waals surface area contributed by atoms with Crippen molar-refractivity contribution in [1.82, 2.24) is 0 Å². The van der Waals surface area contributed by atoms with Crippen molar-refractivity contribution in [3.05, 3.63) is 0 Å². The molecule has 0 aromatic carbocycles. The molecule has 3 nitrogen and oxygen atoms in total. The predicted molar refractivity (Wildman–Crippen MR) is 104 cm³/mol. The van der Waals surface area contributed by atoms with Gasteiger partial charge < -0.3 is 26.8 Å². The maximum atomic E-state index is 9.92. The molecular weight excluding hydrogens is 373 g/mol. The van der Waals surface area contributed by atoms with E-state index >= 15 is 0 Å². The van der Waals surface area contributed by atoms with Crippen molar-refractivity contribution in [1.29, 1.82) is 0 Å². The quantitative estimate of drug-likeness (QED) is 0.193. The topological polar surface area (TPSA) is 40.1 Å². The number of hydrogen-bond acceptors (Lipinski definition) is 2. The summed E-state index contributed by atoms with van der Waals surface area (Å²) in [6.45, 7) is 5.74. The van der Waals surface area contributed by atoms with E-state index in [9.17, 15) is 9.90 Å². The van der Waals surface area contributed by atoms with E-state index in [-0.39, 0.29) is 70.2 Å². The molecule has 0 unspecified atom stereocenters. The van der Waals surface area contributed by atoms with Crippen LogP contribution < -0.4 is 68.9 Å². The second-order valence-electron chi connectivity index (χ2n) is 8.03. The summed E-state index contributed by atoms with van der Waals surface area (Å²) < 4.78 is 1.12. The number of hydrogen-bond donors (Lipinski definition) is 0. The van der Waals surface area contributed by atoms with E-state index in [1.54, 1.807) is 0 Å². The fourth-order valence-electron chi connectivity index (χ4n) is 2.59. The number of nitrogens with zero attached hydrogens (tertiary/aromatic N) is 1. The Balaban J connectivity index is -0.000000181. The van der Waals surface area contributed by atoms with E-state index in [0.29, 0.717) is 0 Å². The number of rotatable bonds is 15. The predicted octanol–water partition coefficient (Wildman–Crippen LogP) is -1.06. The zero-order valence-corrected chi connectivity index (χ0v) is 22.6. The van der Waals surface area contributed by atoms with Gasteiger partial charge in [0.1, 0.15) is 0 Å². The van der Waals surface area contributed by atoms with Crippen LogP contribution in [0.5, 0.6) is 0 Å². The Morgan fingerprint density at radius 1 is 0.692 bits per heavy atom. The number of carboxylic acids is 1. The van der Waals surface area contributed by atoms with Crippen LogP contribution in [0.15, 0.2) is 0 Å². The van der Waals surface area contributed by atoms with Gasteiger partial charge in [-0.2, -0.15) is 0 Å². The molecule has 0 aromatic heterocycles. The summed E-state index contributed by atoms with van der Waals surface area (Å²) in [5.41, 5.74) is 0. The van der Waals surface area contributed by atoms with Crippen LogP contribution in [0, 0.1) is 0 Å². The average molecular weight is 418 g/mol. The summed E-state index contributed by atoms with van der Waals surface area (Å²) in [6.07, 6.45) is 17.0. The molecule has 0 aliphatic heterocycles. The monoisotopic (exact) mass is 417 g/mol. The Hall–Kier alpha value is 1.36. The fraction of sp³-hybridized carbons (Fsp3) is 0.952. The molecule has 0 saturated carbocycles. The average Bonchev–Trinajstić information content (AvgIpc) is 2.49. The van der Waals surface area contributed by atoms with E-state index in [4.69, 9.17) is 0 Å². The Morgan fingerprint density at radius 3 is 1.38 bits per heavy atom. The summed E-state index contributed by atoms with van der Waals surface area (Å²) in [4.78, 5) is 9.92. The van der Waals surface area contributed by atoms with Gasteiger partial charge in [-0.05, 0) is 25.7 Å². The maximum Gasteiger partial charge on any atom is 1.00 e. The summed E-state index contributed by atoms with van der Waals surface area (Å²) in [7, 11) is 6.84. The molecule has 0 rings (SSSR count). The molecule has 0 atom stereocenters. The molecule has 0 fully saturated rings. The molecule has 26 heavy (non-hydrogen) atoms. The largest absolute Gasteiger partial charge is 1.00 e. The maximum absolute atomic E-state index is 9.92. The van der Waals surface area contributed by atoms with Gasteiger partial charge in [0.2, 0.25) is 0 Å². The third-order valence-electron chi connectivity index (χ3n) is 4.17. The summed E-state index contributed by atoms with van der Waals surface area (Å²) >= 11 is 0. The van der Waals surface area contributed by atoms with E-state index in [2.05, 4.69) is 35.0 Å². The first-order valence-electron chi connectivity index (χ1n) is 10.3. The zero-order chi connectivity index (χ0) is 18.7. The van der Waals surface area contributed by atoms with E-state index in [1.807, 2.05) is 0 Å². The van der Waals surface area contributed by atoms with Crippen LogP contribution in [0.1, 0.15) is 104 Å². The number of carboxylic acid groups (broad SMARTS) is 1. The number of halogens is 1. The third kappa shape index (κ3) is 40.1. The van der Waals surface area contributed by atoms with E-state index in [1.165, 1.54) is 70.8 Å². The number of quaternary nitrogens is 1. The van der Waals surface area contributed by atoms with Gasteiger partial charge in [-0.1, -0.05) is 78.1 Å². The van der Waals surface area contributed by atoms with Crippen molar-refractivity contribution < 1.29 is 78.2 Å². The molecule has 0 saturated heterocycles. The van der Waals surface area contributed by atoms with Crippen LogP contribution in [-0.2, 0) is 4.79 Å². The van der Waals surface area contributed by atoms with Gasteiger partial charge in [0.25, 0.3) is 0 Å². The van der Waals surface area contributed by atoms with Crippen LogP contribution in [-0.4, -0.2) is 38.1 Å². The van der Waals surface area contributed by atoms with Crippen molar-refractivity contribution in [2.24, 2.45) is 0 Å². The molecule has 0 amide bonds. The van der Waals surface area contributed by atoms with Crippen LogP contribution >= 0.6 is 0 Å². The summed E-state index contributed by atoms with van der Waals surface area (Å²) in [6, 6.07) is 0. The van der Waals surface area contributed by atoms with Crippen LogP contribution in [0.2, 0.25) is 0 Å². The van der Waals surface area contributed by atoms with Gasteiger partial charge in [0, 0.05) is 5.97 Å². The normalized spacial score (nSPS) is 10.2. The van der Waals surface area contributed by atoms with Crippen molar-refractivity contribution in [2.45, 2.75) is 104 Å². The Bertz CT molecular complexity index is 271. The minimum atomic E-state index is -0.920. The van der Waals surface area contributed by atoms with Crippen molar-refractivity contribution in [2.75, 3.05) is 27.7 Å². The molecule has 5 heteroatoms. The van der Waals surface area contributed by atoms with Crippen molar-refractivity contribution in [3.63, 3.8) is 0 Å². The molecule has 154 valence electrons. The Labute approximate surface area is 213 Å². The summed E-state index contributed by atoms with van der Waals surface area (Å²) in [5, 5.41) is 9.92.